The van der Waals surface area contributed by atoms with Crippen molar-refractivity contribution in [3.05, 3.63) is 10.9 Å². The highest BCUT2D eigenvalue weighted by molar-refractivity contribution is 7.07. The molecule has 18 heavy (non-hydrogen) atoms. The first-order valence-electron chi connectivity index (χ1n) is 6.87. The van der Waals surface area contributed by atoms with Crippen LogP contribution in [0, 0.1) is 0 Å². The van der Waals surface area contributed by atoms with Gasteiger partial charge in [-0.3, -0.25) is 0 Å². The van der Waals surface area contributed by atoms with Crippen molar-refractivity contribution < 1.29 is 8.23 Å². The molecule has 0 aromatic heterocycles. The zero-order valence-electron chi connectivity index (χ0n) is 13.6. The van der Waals surface area contributed by atoms with E-state index in [0.717, 1.165) is 6.04 Å². The second-order valence-electron chi connectivity index (χ2n) is 8.25. The number of hydrogen-bond donors (Lipinski definition) is 0. The molecule has 0 spiro atoms. The van der Waals surface area contributed by atoms with Gasteiger partial charge in [-0.15, -0.1) is 0 Å². The molecule has 106 valence electrons. The maximum absolute atomic E-state index is 6.63. The average molecular weight is 319 g/mol. The quantitative estimate of drug-likeness (QED) is 0.695. The summed E-state index contributed by atoms with van der Waals surface area (Å²) in [5.41, 5.74) is 0. The molecule has 6 heteroatoms. The second-order valence-corrected chi connectivity index (χ2v) is 26.3. The molecule has 0 amide bonds. The van der Waals surface area contributed by atoms with Crippen molar-refractivity contribution in [1.82, 2.24) is 0 Å². The first kappa shape index (κ1) is 16.6. The van der Waals surface area contributed by atoms with Crippen LogP contribution in [0.1, 0.15) is 0 Å². The van der Waals surface area contributed by atoms with Crippen LogP contribution >= 0.6 is 0 Å². The van der Waals surface area contributed by atoms with Gasteiger partial charge in [0.25, 0.3) is 0 Å². The van der Waals surface area contributed by atoms with E-state index in [0.29, 0.717) is 0 Å². The monoisotopic (exact) mass is 318 g/mol. The molecule has 1 aliphatic heterocycles. The normalized spacial score (nSPS) is 20.4. The summed E-state index contributed by atoms with van der Waals surface area (Å²) in [4.78, 5) is 1.61. The van der Waals surface area contributed by atoms with E-state index in [2.05, 4.69) is 65.0 Å². The maximum Gasteiger partial charge on any atom is 0.347 e. The van der Waals surface area contributed by atoms with E-state index in [1.807, 2.05) is 0 Å². The van der Waals surface area contributed by atoms with Crippen LogP contribution in [0.2, 0.25) is 65.0 Å². The Balaban J connectivity index is 3.03. The third kappa shape index (κ3) is 4.28. The van der Waals surface area contributed by atoms with E-state index in [1.54, 1.807) is 4.82 Å². The molecule has 0 aromatic rings. The third-order valence-electron chi connectivity index (χ3n) is 2.74. The van der Waals surface area contributed by atoms with Gasteiger partial charge in [0, 0.05) is 6.04 Å². The predicted molar refractivity (Wildman–Crippen MR) is 90.9 cm³/mol. The fourth-order valence-corrected chi connectivity index (χ4v) is 19.9. The Kier molecular flexibility index (Phi) is 4.44. The number of rotatable bonds is 5. The van der Waals surface area contributed by atoms with Gasteiger partial charge in [-0.1, -0.05) is 25.7 Å². The maximum atomic E-state index is 6.63. The minimum absolute atomic E-state index is 1.08. The number of allylic oxidation sites excluding steroid dienone is 1. The van der Waals surface area contributed by atoms with Crippen LogP contribution in [0.3, 0.4) is 0 Å². The lowest BCUT2D eigenvalue weighted by molar-refractivity contribution is 0.387. The van der Waals surface area contributed by atoms with Crippen molar-refractivity contribution >= 4 is 33.3 Å². The SMILES string of the molecule is C[Si](C)(C)O[Si]1(O[Si](C)(C)C)CC=C1[Si](C)(C)C. The lowest BCUT2D eigenvalue weighted by Crippen LogP contribution is -2.63. The van der Waals surface area contributed by atoms with Gasteiger partial charge < -0.3 is 8.23 Å². The summed E-state index contributed by atoms with van der Waals surface area (Å²) in [5, 5.41) is 0. The van der Waals surface area contributed by atoms with Gasteiger partial charge in [0.1, 0.15) is 0 Å². The molecule has 0 atom stereocenters. The molecule has 0 saturated heterocycles. The molecule has 2 nitrogen and oxygen atoms in total. The van der Waals surface area contributed by atoms with Crippen LogP contribution in [-0.2, 0) is 8.23 Å². The van der Waals surface area contributed by atoms with Gasteiger partial charge in [0.15, 0.2) is 16.6 Å². The van der Waals surface area contributed by atoms with Crippen LogP contribution in [-0.4, -0.2) is 33.3 Å². The zero-order valence-corrected chi connectivity index (χ0v) is 17.6. The van der Waals surface area contributed by atoms with Crippen molar-refractivity contribution in [2.75, 3.05) is 0 Å². The minimum Gasteiger partial charge on any atom is -0.434 e. The summed E-state index contributed by atoms with van der Waals surface area (Å²) < 4.78 is 13.3. The van der Waals surface area contributed by atoms with Crippen molar-refractivity contribution in [3.63, 3.8) is 0 Å². The van der Waals surface area contributed by atoms with Crippen LogP contribution in [0.15, 0.2) is 10.9 Å². The molecule has 1 aliphatic rings. The summed E-state index contributed by atoms with van der Waals surface area (Å²) in [6.07, 6.45) is 2.42. The summed E-state index contributed by atoms with van der Waals surface area (Å²) >= 11 is 0. The fourth-order valence-electron chi connectivity index (χ4n) is 2.45. The Labute approximate surface area is 117 Å². The number of hydrogen-bond acceptors (Lipinski definition) is 2. The Morgan fingerprint density at radius 3 is 1.39 bits per heavy atom. The molecule has 1 rings (SSSR count). The van der Waals surface area contributed by atoms with E-state index >= 15 is 0 Å². The van der Waals surface area contributed by atoms with Crippen molar-refractivity contribution in [1.29, 1.82) is 0 Å². The summed E-state index contributed by atoms with van der Waals surface area (Å²) in [6, 6.07) is 1.08. The summed E-state index contributed by atoms with van der Waals surface area (Å²) in [7, 11) is -6.41. The highest BCUT2D eigenvalue weighted by Crippen LogP contribution is 2.42. The molecule has 0 radical (unpaired) electrons. The predicted octanol–water partition coefficient (Wildman–Crippen LogP) is 4.49. The van der Waals surface area contributed by atoms with Gasteiger partial charge in [-0.05, 0) is 44.1 Å². The average Bonchev–Trinajstić information content (AvgIpc) is 1.91. The van der Waals surface area contributed by atoms with Crippen LogP contribution in [0.5, 0.6) is 0 Å². The van der Waals surface area contributed by atoms with Gasteiger partial charge in [0.05, 0.1) is 8.07 Å². The second kappa shape index (κ2) is 4.82. The highest BCUT2D eigenvalue weighted by atomic mass is 28.5. The third-order valence-corrected chi connectivity index (χ3v) is 17.3. The lowest BCUT2D eigenvalue weighted by atomic mass is 10.7. The van der Waals surface area contributed by atoms with Gasteiger partial charge in [-0.25, -0.2) is 0 Å². The Morgan fingerprint density at radius 2 is 1.22 bits per heavy atom. The van der Waals surface area contributed by atoms with Gasteiger partial charge >= 0.3 is 8.56 Å². The van der Waals surface area contributed by atoms with Crippen LogP contribution < -0.4 is 0 Å². The zero-order chi connectivity index (χ0) is 14.4. The molecule has 0 saturated carbocycles. The fraction of sp³-hybridized carbons (Fsp3) is 0.833. The van der Waals surface area contributed by atoms with Crippen molar-refractivity contribution in [2.45, 2.75) is 65.0 Å². The first-order chi connectivity index (χ1) is 7.75. The van der Waals surface area contributed by atoms with E-state index in [-0.39, 0.29) is 0 Å². The van der Waals surface area contributed by atoms with Crippen LogP contribution in [0.4, 0.5) is 0 Å². The molecule has 0 N–H and O–H groups in total. The van der Waals surface area contributed by atoms with Crippen molar-refractivity contribution in [3.8, 4) is 0 Å². The van der Waals surface area contributed by atoms with E-state index in [4.69, 9.17) is 8.23 Å². The Bertz CT molecular complexity index is 329. The summed E-state index contributed by atoms with van der Waals surface area (Å²) in [5.74, 6) is 0. The molecule has 0 aliphatic carbocycles. The van der Waals surface area contributed by atoms with E-state index in [9.17, 15) is 0 Å². The minimum atomic E-state index is -2.03. The van der Waals surface area contributed by atoms with E-state index < -0.39 is 33.3 Å². The lowest BCUT2D eigenvalue weighted by Gasteiger charge is -2.49. The van der Waals surface area contributed by atoms with Crippen LogP contribution in [0.25, 0.3) is 0 Å². The topological polar surface area (TPSA) is 18.5 Å². The molecule has 0 bridgehead atoms. The standard InChI is InChI=1S/C12H30O2Si4/c1-15(2,3)12-10-11-18(12,13-16(4,5)6)14-17(7,8)9/h10H,11H2,1-9H3. The largest absolute Gasteiger partial charge is 0.434 e. The van der Waals surface area contributed by atoms with Gasteiger partial charge in [0.2, 0.25) is 0 Å². The smallest absolute Gasteiger partial charge is 0.347 e. The molecular weight excluding hydrogens is 288 g/mol. The molecule has 0 aromatic carbocycles. The van der Waals surface area contributed by atoms with Crippen molar-refractivity contribution in [2.24, 2.45) is 0 Å². The van der Waals surface area contributed by atoms with Gasteiger partial charge in [-0.2, -0.15) is 0 Å². The first-order valence-corrected chi connectivity index (χ1v) is 19.2. The molecular formula is C12H30O2Si4. The summed E-state index contributed by atoms with van der Waals surface area (Å²) in [6.45, 7) is 21.0. The van der Waals surface area contributed by atoms with E-state index in [1.165, 1.54) is 0 Å². The highest BCUT2D eigenvalue weighted by Gasteiger charge is 2.55. The molecule has 0 fully saturated rings. The Morgan fingerprint density at radius 1 is 0.833 bits per heavy atom. The molecule has 0 unspecified atom stereocenters. The Hall–Kier alpha value is 0.528. The molecule has 1 heterocycles.